The maximum absolute atomic E-state index is 13.0. The lowest BCUT2D eigenvalue weighted by Crippen LogP contribution is -2.42. The summed E-state index contributed by atoms with van der Waals surface area (Å²) < 4.78 is 5.58. The van der Waals surface area contributed by atoms with E-state index in [-0.39, 0.29) is 43.3 Å². The van der Waals surface area contributed by atoms with Crippen LogP contribution in [0.15, 0.2) is 72.8 Å². The number of benzene rings is 3. The summed E-state index contributed by atoms with van der Waals surface area (Å²) in [5, 5.41) is 22.0. The summed E-state index contributed by atoms with van der Waals surface area (Å²) in [5.41, 5.74) is 2.91. The van der Waals surface area contributed by atoms with Gasteiger partial charge < -0.3 is 19.8 Å². The van der Waals surface area contributed by atoms with Crippen molar-refractivity contribution in [2.45, 2.75) is 17.9 Å². The molecule has 8 heteroatoms. The molecule has 8 nitrogen and oxygen atoms in total. The van der Waals surface area contributed by atoms with E-state index in [4.69, 9.17) is 4.74 Å². The van der Waals surface area contributed by atoms with Gasteiger partial charge in [-0.05, 0) is 34.4 Å². The van der Waals surface area contributed by atoms with Crippen molar-refractivity contribution in [2.75, 3.05) is 25.0 Å². The molecule has 0 bridgehead atoms. The fourth-order valence-corrected chi connectivity index (χ4v) is 4.84. The van der Waals surface area contributed by atoms with Crippen LogP contribution in [-0.4, -0.2) is 58.4 Å². The number of carboxylic acid groups (broad SMARTS) is 1. The summed E-state index contributed by atoms with van der Waals surface area (Å²) in [7, 11) is 0. The summed E-state index contributed by atoms with van der Waals surface area (Å²) in [5.74, 6) is -1.93. The van der Waals surface area contributed by atoms with Crippen molar-refractivity contribution in [3.8, 4) is 11.1 Å². The van der Waals surface area contributed by atoms with Crippen molar-refractivity contribution in [1.29, 1.82) is 0 Å². The molecule has 0 radical (unpaired) electrons. The molecule has 3 N–H and O–H groups in total. The highest BCUT2D eigenvalue weighted by Crippen LogP contribution is 2.44. The van der Waals surface area contributed by atoms with Crippen molar-refractivity contribution in [1.82, 2.24) is 4.90 Å². The average Bonchev–Trinajstić information content (AvgIpc) is 3.42. The number of nitrogens with zero attached hydrogens (tertiary/aromatic N) is 1. The van der Waals surface area contributed by atoms with Gasteiger partial charge in [0.1, 0.15) is 6.61 Å². The number of ether oxygens (including phenoxy) is 1. The molecular weight excluding hydrogens is 448 g/mol. The van der Waals surface area contributed by atoms with E-state index in [0.717, 1.165) is 22.3 Å². The van der Waals surface area contributed by atoms with Gasteiger partial charge in [0, 0.05) is 18.9 Å². The van der Waals surface area contributed by atoms with Gasteiger partial charge in [-0.25, -0.2) is 9.59 Å². The highest BCUT2D eigenvalue weighted by atomic mass is 16.5. The third-order valence-electron chi connectivity index (χ3n) is 6.67. The quantitative estimate of drug-likeness (QED) is 0.521. The number of carbonyl (C=O) groups is 3. The molecule has 1 unspecified atom stereocenters. The minimum Gasteiger partial charge on any atom is -0.479 e. The van der Waals surface area contributed by atoms with Crippen LogP contribution < -0.4 is 5.32 Å². The standard InChI is InChI=1S/C27H24N2O6/c30-24(29-14-13-27(34,16-29)25(31)32)21-11-5-6-12-23(21)28-26(33)35-15-22-19-9-3-1-7-17(19)18-8-2-4-10-20(18)22/h1-12,22,34H,13-16H2,(H,28,33)(H,31,32). The van der Waals surface area contributed by atoms with E-state index >= 15 is 0 Å². The molecule has 1 aliphatic carbocycles. The van der Waals surface area contributed by atoms with Gasteiger partial charge in [-0.3, -0.25) is 10.1 Å². The molecule has 0 spiro atoms. The Morgan fingerprint density at radius 2 is 1.54 bits per heavy atom. The fourth-order valence-electron chi connectivity index (χ4n) is 4.84. The summed E-state index contributed by atoms with van der Waals surface area (Å²) in [6.07, 6.45) is -0.758. The van der Waals surface area contributed by atoms with Crippen LogP contribution in [0.3, 0.4) is 0 Å². The number of aliphatic hydroxyl groups is 1. The Labute approximate surface area is 201 Å². The number of fused-ring (bicyclic) bond motifs is 3. The number of β-amino-alcohol motifs (C(OH)–C–C–N with tert-alkyl or cyclic N) is 1. The molecule has 2 amide bonds. The van der Waals surface area contributed by atoms with Crippen molar-refractivity contribution in [2.24, 2.45) is 0 Å². The van der Waals surface area contributed by atoms with Crippen molar-refractivity contribution in [3.63, 3.8) is 0 Å². The predicted molar refractivity (Wildman–Crippen MR) is 128 cm³/mol. The molecule has 3 aromatic rings. The lowest BCUT2D eigenvalue weighted by atomic mass is 9.98. The Kier molecular flexibility index (Phi) is 5.74. The first-order chi connectivity index (χ1) is 16.9. The van der Waals surface area contributed by atoms with Gasteiger partial charge in [-0.1, -0.05) is 60.7 Å². The second-order valence-corrected chi connectivity index (χ2v) is 8.81. The molecule has 0 saturated carbocycles. The van der Waals surface area contributed by atoms with Gasteiger partial charge in [0.25, 0.3) is 5.91 Å². The summed E-state index contributed by atoms with van der Waals surface area (Å²) in [6.45, 7) is -0.0882. The number of para-hydroxylation sites is 1. The number of carboxylic acids is 1. The second kappa shape index (κ2) is 8.88. The predicted octanol–water partition coefficient (Wildman–Crippen LogP) is 3.71. The Hall–Kier alpha value is -4.17. The van der Waals surface area contributed by atoms with Gasteiger partial charge >= 0.3 is 12.1 Å². The highest BCUT2D eigenvalue weighted by Gasteiger charge is 2.45. The monoisotopic (exact) mass is 472 g/mol. The molecule has 3 aromatic carbocycles. The molecule has 178 valence electrons. The molecule has 35 heavy (non-hydrogen) atoms. The van der Waals surface area contributed by atoms with Crippen molar-refractivity contribution >= 4 is 23.7 Å². The van der Waals surface area contributed by atoms with E-state index < -0.39 is 23.6 Å². The number of carbonyl (C=O) groups excluding carboxylic acids is 2. The molecule has 1 saturated heterocycles. The van der Waals surface area contributed by atoms with Gasteiger partial charge in [0.05, 0.1) is 17.8 Å². The van der Waals surface area contributed by atoms with E-state index in [1.165, 1.54) is 4.90 Å². The molecule has 5 rings (SSSR count). The summed E-state index contributed by atoms with van der Waals surface area (Å²) >= 11 is 0. The third-order valence-corrected chi connectivity index (χ3v) is 6.67. The van der Waals surface area contributed by atoms with Gasteiger partial charge in [-0.2, -0.15) is 0 Å². The SMILES string of the molecule is O=C(Nc1ccccc1C(=O)N1CCC(O)(C(=O)O)C1)OCC1c2ccccc2-c2ccccc21. The van der Waals surface area contributed by atoms with Crippen LogP contribution in [0.2, 0.25) is 0 Å². The Morgan fingerprint density at radius 3 is 2.17 bits per heavy atom. The Morgan fingerprint density at radius 1 is 0.943 bits per heavy atom. The maximum Gasteiger partial charge on any atom is 0.411 e. The molecule has 2 aliphatic rings. The van der Waals surface area contributed by atoms with Gasteiger partial charge in [-0.15, -0.1) is 0 Å². The maximum atomic E-state index is 13.0. The van der Waals surface area contributed by atoms with Crippen LogP contribution in [0.4, 0.5) is 10.5 Å². The first-order valence-electron chi connectivity index (χ1n) is 11.3. The number of amides is 2. The number of hydrogen-bond acceptors (Lipinski definition) is 5. The first kappa shape index (κ1) is 22.6. The van der Waals surface area contributed by atoms with E-state index in [0.29, 0.717) is 0 Å². The number of aliphatic carboxylic acids is 1. The largest absolute Gasteiger partial charge is 0.479 e. The van der Waals surface area contributed by atoms with Crippen LogP contribution in [0, 0.1) is 0 Å². The fraction of sp³-hybridized carbons (Fsp3) is 0.222. The van der Waals surface area contributed by atoms with Crippen LogP contribution in [0.5, 0.6) is 0 Å². The van der Waals surface area contributed by atoms with E-state index in [9.17, 15) is 24.6 Å². The number of nitrogens with one attached hydrogen (secondary N) is 1. The topological polar surface area (TPSA) is 116 Å². The smallest absolute Gasteiger partial charge is 0.411 e. The summed E-state index contributed by atoms with van der Waals surface area (Å²) in [6, 6.07) is 22.5. The summed E-state index contributed by atoms with van der Waals surface area (Å²) in [4.78, 5) is 38.3. The zero-order valence-corrected chi connectivity index (χ0v) is 18.8. The van der Waals surface area contributed by atoms with E-state index in [2.05, 4.69) is 17.4 Å². The molecule has 1 fully saturated rings. The van der Waals surface area contributed by atoms with Gasteiger partial charge in [0.2, 0.25) is 0 Å². The number of likely N-dealkylation sites (tertiary alicyclic amines) is 1. The highest BCUT2D eigenvalue weighted by molar-refractivity contribution is 6.03. The average molecular weight is 472 g/mol. The molecule has 1 heterocycles. The van der Waals surface area contributed by atoms with Crippen LogP contribution in [0.25, 0.3) is 11.1 Å². The Balaban J connectivity index is 1.28. The minimum absolute atomic E-state index is 0.0595. The van der Waals surface area contributed by atoms with E-state index in [1.54, 1.807) is 24.3 Å². The van der Waals surface area contributed by atoms with Gasteiger partial charge in [0.15, 0.2) is 5.60 Å². The molecule has 1 aliphatic heterocycles. The lowest BCUT2D eigenvalue weighted by molar-refractivity contribution is -0.156. The van der Waals surface area contributed by atoms with Crippen LogP contribution in [-0.2, 0) is 9.53 Å². The minimum atomic E-state index is -1.97. The first-order valence-corrected chi connectivity index (χ1v) is 11.3. The second-order valence-electron chi connectivity index (χ2n) is 8.81. The van der Waals surface area contributed by atoms with Crippen molar-refractivity contribution < 1.29 is 29.3 Å². The lowest BCUT2D eigenvalue weighted by Gasteiger charge is -2.21. The van der Waals surface area contributed by atoms with Crippen molar-refractivity contribution in [3.05, 3.63) is 89.5 Å². The molecular formula is C27H24N2O6. The molecule has 0 aromatic heterocycles. The zero-order valence-electron chi connectivity index (χ0n) is 18.8. The number of anilines is 1. The molecule has 1 atom stereocenters. The van der Waals surface area contributed by atoms with Crippen LogP contribution >= 0.6 is 0 Å². The third kappa shape index (κ3) is 4.13. The zero-order chi connectivity index (χ0) is 24.6. The number of rotatable bonds is 5. The van der Waals surface area contributed by atoms with Crippen LogP contribution in [0.1, 0.15) is 33.8 Å². The number of hydrogen-bond donors (Lipinski definition) is 3. The van der Waals surface area contributed by atoms with E-state index in [1.807, 2.05) is 36.4 Å². The Bertz CT molecular complexity index is 1280. The normalized spacial score (nSPS) is 18.6.